The van der Waals surface area contributed by atoms with Gasteiger partial charge in [0.25, 0.3) is 0 Å². The second-order valence-corrected chi connectivity index (χ2v) is 14.4. The highest BCUT2D eigenvalue weighted by atomic mass is 15.2. The Morgan fingerprint density at radius 2 is 0.696 bits per heavy atom. The van der Waals surface area contributed by atoms with Crippen LogP contribution in [-0.4, -0.2) is 23.9 Å². The van der Waals surface area contributed by atoms with Gasteiger partial charge >= 0.3 is 0 Å². The summed E-state index contributed by atoms with van der Waals surface area (Å²) < 4.78 is 4.73. The fraction of sp³-hybridized carbons (Fsp3) is 0. The number of para-hydroxylation sites is 3. The zero-order valence-electron chi connectivity index (χ0n) is 30.1. The first-order valence-corrected chi connectivity index (χ1v) is 19.0. The molecule has 0 unspecified atom stereocenters. The number of fused-ring (bicyclic) bond motifs is 13. The molecule has 0 bridgehead atoms. The Kier molecular flexibility index (Phi) is 6.56. The molecule has 0 aliphatic rings. The smallest absolute Gasteiger partial charge is 0.238 e. The molecule has 56 heavy (non-hydrogen) atoms. The van der Waals surface area contributed by atoms with Crippen molar-refractivity contribution in [3.05, 3.63) is 188 Å². The van der Waals surface area contributed by atoms with Gasteiger partial charge in [-0.2, -0.15) is 9.97 Å². The first-order valence-electron chi connectivity index (χ1n) is 19.0. The Hall–Kier alpha value is -7.63. The van der Waals surface area contributed by atoms with Crippen LogP contribution in [0, 0.1) is 0 Å². The maximum Gasteiger partial charge on any atom is 0.238 e. The molecule has 0 atom stereocenters. The fourth-order valence-electron chi connectivity index (χ4n) is 8.91. The maximum atomic E-state index is 5.21. The van der Waals surface area contributed by atoms with E-state index in [1.54, 1.807) is 0 Å². The molecular formula is C51H31N5. The summed E-state index contributed by atoms with van der Waals surface area (Å²) in [5.41, 5.74) is 7.45. The standard InChI is InChI=1S/C51H31N5/c1-3-16-32(17-4-1)49-52-50(33-18-5-2-6-19-33)54-51(53-49)56-45-29-14-12-25-39(45)42-30-46-43(31-47(42)56)41-27-15-26-40-37-23-10-8-21-35(37)34-20-7-9-22-36(34)38-24-11-13-28-44(38)55(46)48(40)41/h1-31H. The summed E-state index contributed by atoms with van der Waals surface area (Å²) in [6.07, 6.45) is 0. The minimum absolute atomic E-state index is 0.581. The van der Waals surface area contributed by atoms with Crippen LogP contribution in [-0.2, 0) is 0 Å². The molecule has 0 saturated heterocycles. The van der Waals surface area contributed by atoms with Crippen LogP contribution in [0.3, 0.4) is 0 Å². The van der Waals surface area contributed by atoms with Gasteiger partial charge in [0.05, 0.1) is 27.6 Å². The molecular weight excluding hydrogens is 683 g/mol. The van der Waals surface area contributed by atoms with Crippen LogP contribution in [0.15, 0.2) is 188 Å². The van der Waals surface area contributed by atoms with Crippen LogP contribution in [0.25, 0.3) is 110 Å². The van der Waals surface area contributed by atoms with E-state index in [4.69, 9.17) is 15.0 Å². The average Bonchev–Trinajstić information content (AvgIpc) is 3.79. The van der Waals surface area contributed by atoms with Crippen LogP contribution >= 0.6 is 0 Å². The summed E-state index contributed by atoms with van der Waals surface area (Å²) in [4.78, 5) is 15.4. The zero-order valence-corrected chi connectivity index (χ0v) is 30.1. The highest BCUT2D eigenvalue weighted by Crippen LogP contribution is 2.42. The molecule has 4 heterocycles. The predicted octanol–water partition coefficient (Wildman–Crippen LogP) is 12.9. The molecule has 8 aromatic carbocycles. The van der Waals surface area contributed by atoms with Crippen molar-refractivity contribution in [2.45, 2.75) is 0 Å². The molecule has 12 aromatic rings. The van der Waals surface area contributed by atoms with E-state index in [9.17, 15) is 0 Å². The molecule has 260 valence electrons. The lowest BCUT2D eigenvalue weighted by atomic mass is 10.0. The van der Waals surface area contributed by atoms with Gasteiger partial charge in [0.1, 0.15) is 0 Å². The van der Waals surface area contributed by atoms with Gasteiger partial charge in [-0.05, 0) is 45.8 Å². The van der Waals surface area contributed by atoms with Crippen LogP contribution in [0.2, 0.25) is 0 Å². The number of nitrogens with zero attached hydrogens (tertiary/aromatic N) is 5. The lowest BCUT2D eigenvalue weighted by Crippen LogP contribution is -2.06. The van der Waals surface area contributed by atoms with Crippen molar-refractivity contribution in [2.24, 2.45) is 0 Å². The molecule has 0 fully saturated rings. The summed E-state index contributed by atoms with van der Waals surface area (Å²) in [5, 5.41) is 11.9. The molecule has 0 spiro atoms. The number of hydrogen-bond acceptors (Lipinski definition) is 3. The third-order valence-corrected chi connectivity index (χ3v) is 11.3. The third-order valence-electron chi connectivity index (χ3n) is 11.3. The molecule has 12 rings (SSSR count). The van der Waals surface area contributed by atoms with E-state index in [0.717, 1.165) is 44.0 Å². The molecule has 0 saturated carbocycles. The quantitative estimate of drug-likeness (QED) is 0.183. The van der Waals surface area contributed by atoms with Crippen molar-refractivity contribution in [1.29, 1.82) is 0 Å². The average molecular weight is 714 g/mol. The van der Waals surface area contributed by atoms with Crippen molar-refractivity contribution in [1.82, 2.24) is 23.9 Å². The van der Waals surface area contributed by atoms with Gasteiger partial charge in [0, 0.05) is 43.4 Å². The summed E-state index contributed by atoms with van der Waals surface area (Å²) >= 11 is 0. The second-order valence-electron chi connectivity index (χ2n) is 14.4. The van der Waals surface area contributed by atoms with Crippen molar-refractivity contribution in [3.63, 3.8) is 0 Å². The normalized spacial score (nSPS) is 11.9. The van der Waals surface area contributed by atoms with Crippen molar-refractivity contribution in [3.8, 4) is 28.7 Å². The van der Waals surface area contributed by atoms with Gasteiger partial charge < -0.3 is 4.40 Å². The van der Waals surface area contributed by atoms with Gasteiger partial charge in [0.2, 0.25) is 5.95 Å². The van der Waals surface area contributed by atoms with Gasteiger partial charge in [0.15, 0.2) is 11.6 Å². The van der Waals surface area contributed by atoms with E-state index in [1.807, 2.05) is 36.4 Å². The van der Waals surface area contributed by atoms with E-state index in [2.05, 4.69) is 161 Å². The molecule has 5 heteroatoms. The van der Waals surface area contributed by atoms with Crippen LogP contribution in [0.1, 0.15) is 0 Å². The van der Waals surface area contributed by atoms with Gasteiger partial charge in [-0.15, -0.1) is 0 Å². The summed E-state index contributed by atoms with van der Waals surface area (Å²) in [7, 11) is 0. The van der Waals surface area contributed by atoms with Crippen molar-refractivity contribution >= 4 is 81.4 Å². The van der Waals surface area contributed by atoms with Gasteiger partial charge in [-0.3, -0.25) is 4.57 Å². The highest BCUT2D eigenvalue weighted by molar-refractivity contribution is 6.27. The molecule has 0 aliphatic heterocycles. The monoisotopic (exact) mass is 713 g/mol. The minimum atomic E-state index is 0.581. The largest absolute Gasteiger partial charge is 0.308 e. The summed E-state index contributed by atoms with van der Waals surface area (Å²) in [6, 6.07) is 67.0. The topological polar surface area (TPSA) is 48.0 Å². The lowest BCUT2D eigenvalue weighted by Gasteiger charge is -2.11. The summed E-state index contributed by atoms with van der Waals surface area (Å²) in [6.45, 7) is 0. The number of aromatic nitrogens is 5. The molecule has 0 aliphatic carbocycles. The Morgan fingerprint density at radius 1 is 0.286 bits per heavy atom. The van der Waals surface area contributed by atoms with E-state index in [0.29, 0.717) is 17.6 Å². The van der Waals surface area contributed by atoms with E-state index in [-0.39, 0.29) is 0 Å². The van der Waals surface area contributed by atoms with Crippen molar-refractivity contribution < 1.29 is 0 Å². The Bertz CT molecular complexity index is 3530. The number of rotatable bonds is 3. The first-order chi connectivity index (χ1) is 27.8. The Labute approximate surface area is 321 Å². The highest BCUT2D eigenvalue weighted by Gasteiger charge is 2.21. The van der Waals surface area contributed by atoms with Crippen LogP contribution in [0.4, 0.5) is 0 Å². The van der Waals surface area contributed by atoms with Crippen LogP contribution in [0.5, 0.6) is 0 Å². The van der Waals surface area contributed by atoms with Gasteiger partial charge in [-0.25, -0.2) is 4.98 Å². The zero-order chi connectivity index (χ0) is 36.7. The molecule has 5 nitrogen and oxygen atoms in total. The Balaban J connectivity index is 1.28. The first kappa shape index (κ1) is 30.8. The molecule has 0 amide bonds. The lowest BCUT2D eigenvalue weighted by molar-refractivity contribution is 0.954. The predicted molar refractivity (Wildman–Crippen MR) is 232 cm³/mol. The third kappa shape index (κ3) is 4.46. The van der Waals surface area contributed by atoms with E-state index < -0.39 is 0 Å². The minimum Gasteiger partial charge on any atom is -0.308 e. The maximum absolute atomic E-state index is 5.21. The SMILES string of the molecule is c1ccc(-c2nc(-c3ccccc3)nc(-n3c4ccccc4c4cc5c(cc43)c3cccc4c6ccccc6c6ccccc6c6ccccc6n5c43)n2)cc1. The number of benzene rings is 8. The molecule has 4 aromatic heterocycles. The summed E-state index contributed by atoms with van der Waals surface area (Å²) in [5.74, 6) is 1.85. The molecule has 0 N–H and O–H groups in total. The number of hydrogen-bond donors (Lipinski definition) is 0. The Morgan fingerprint density at radius 3 is 1.30 bits per heavy atom. The molecule has 0 radical (unpaired) electrons. The van der Waals surface area contributed by atoms with Gasteiger partial charge in [-0.1, -0.05) is 164 Å². The van der Waals surface area contributed by atoms with Crippen molar-refractivity contribution in [2.75, 3.05) is 0 Å². The van der Waals surface area contributed by atoms with Crippen LogP contribution < -0.4 is 0 Å². The van der Waals surface area contributed by atoms with E-state index >= 15 is 0 Å². The van der Waals surface area contributed by atoms with E-state index in [1.165, 1.54) is 48.6 Å². The fourth-order valence-corrected chi connectivity index (χ4v) is 8.91. The second kappa shape index (κ2) is 11.9.